The number of amides is 1. The van der Waals surface area contributed by atoms with Crippen LogP contribution in [0.15, 0.2) is 54.2 Å². The van der Waals surface area contributed by atoms with Crippen molar-refractivity contribution >= 4 is 51.0 Å². The van der Waals surface area contributed by atoms with Crippen LogP contribution in [0.25, 0.3) is 22.3 Å². The van der Waals surface area contributed by atoms with Crippen molar-refractivity contribution < 1.29 is 14.3 Å². The van der Waals surface area contributed by atoms with Gasteiger partial charge >= 0.3 is 5.97 Å². The molecule has 9 heteroatoms. The molecule has 4 aromatic rings. The number of H-pyrrole nitrogens is 1. The minimum Gasteiger partial charge on any atom is -0.449 e. The number of esters is 1. The molecule has 152 valence electrons. The van der Waals surface area contributed by atoms with E-state index >= 15 is 0 Å². The fraction of sp³-hybridized carbons (Fsp3) is 0.143. The first kappa shape index (κ1) is 20.1. The molecule has 0 radical (unpaired) electrons. The van der Waals surface area contributed by atoms with Gasteiger partial charge in [0.2, 0.25) is 0 Å². The third kappa shape index (κ3) is 4.34. The Bertz CT molecular complexity index is 1200. The zero-order valence-electron chi connectivity index (χ0n) is 15.9. The predicted octanol–water partition coefficient (Wildman–Crippen LogP) is 4.91. The predicted molar refractivity (Wildman–Crippen MR) is 117 cm³/mol. The van der Waals surface area contributed by atoms with Gasteiger partial charge < -0.3 is 9.72 Å². The van der Waals surface area contributed by atoms with E-state index < -0.39 is 18.0 Å². The molecule has 4 rings (SSSR count). The summed E-state index contributed by atoms with van der Waals surface area (Å²) in [5.74, 6) is -1.00. The Balaban J connectivity index is 1.42. The van der Waals surface area contributed by atoms with E-state index in [2.05, 4.69) is 20.3 Å². The van der Waals surface area contributed by atoms with Gasteiger partial charge in [0.15, 0.2) is 11.2 Å². The van der Waals surface area contributed by atoms with Gasteiger partial charge in [0.25, 0.3) is 5.91 Å². The van der Waals surface area contributed by atoms with Crippen LogP contribution in [0.4, 0.5) is 5.13 Å². The molecule has 0 saturated heterocycles. The number of carbonyl (C=O) groups is 2. The molecule has 1 atom stereocenters. The number of carbonyl (C=O) groups excluding carboxylic acids is 2. The number of aromatic amines is 1. The highest BCUT2D eigenvalue weighted by molar-refractivity contribution is 7.14. The van der Waals surface area contributed by atoms with Gasteiger partial charge in [-0.2, -0.15) is 0 Å². The first-order valence-corrected chi connectivity index (χ1v) is 10.5. The highest BCUT2D eigenvalue weighted by atomic mass is 35.5. The zero-order valence-corrected chi connectivity index (χ0v) is 17.5. The second kappa shape index (κ2) is 8.64. The number of anilines is 1. The van der Waals surface area contributed by atoms with Crippen LogP contribution in [-0.2, 0) is 9.53 Å². The summed E-state index contributed by atoms with van der Waals surface area (Å²) in [6.07, 6.45) is 0.950. The smallest absolute Gasteiger partial charge is 0.338 e. The lowest BCUT2D eigenvalue weighted by molar-refractivity contribution is -0.124. The van der Waals surface area contributed by atoms with E-state index in [1.54, 1.807) is 43.6 Å². The van der Waals surface area contributed by atoms with E-state index in [0.29, 0.717) is 22.1 Å². The van der Waals surface area contributed by atoms with Crippen LogP contribution in [0, 0.1) is 0 Å². The van der Waals surface area contributed by atoms with E-state index in [9.17, 15) is 9.59 Å². The summed E-state index contributed by atoms with van der Waals surface area (Å²) in [5.41, 5.74) is 3.43. The van der Waals surface area contributed by atoms with Crippen LogP contribution < -0.4 is 5.32 Å². The van der Waals surface area contributed by atoms with Crippen molar-refractivity contribution in [1.29, 1.82) is 0 Å². The molecule has 0 saturated carbocycles. The summed E-state index contributed by atoms with van der Waals surface area (Å²) in [5, 5.41) is 5.63. The third-order valence-electron chi connectivity index (χ3n) is 4.44. The molecular weight excluding hydrogens is 424 g/mol. The normalized spacial score (nSPS) is 11.9. The Morgan fingerprint density at radius 2 is 2.03 bits per heavy atom. The molecule has 0 fully saturated rings. The van der Waals surface area contributed by atoms with Gasteiger partial charge in [0.1, 0.15) is 0 Å². The van der Waals surface area contributed by atoms with Gasteiger partial charge in [0, 0.05) is 16.0 Å². The lowest BCUT2D eigenvalue weighted by Gasteiger charge is -2.15. The largest absolute Gasteiger partial charge is 0.449 e. The zero-order chi connectivity index (χ0) is 21.1. The van der Waals surface area contributed by atoms with Crippen molar-refractivity contribution in [1.82, 2.24) is 15.0 Å². The molecule has 2 aromatic heterocycles. The van der Waals surface area contributed by atoms with E-state index in [0.717, 1.165) is 22.3 Å². The second-order valence-corrected chi connectivity index (χ2v) is 7.77. The van der Waals surface area contributed by atoms with E-state index in [4.69, 9.17) is 16.3 Å². The Labute approximate surface area is 181 Å². The molecule has 0 bridgehead atoms. The number of hydrogen-bond acceptors (Lipinski definition) is 6. The summed E-state index contributed by atoms with van der Waals surface area (Å²) in [7, 11) is 0. The van der Waals surface area contributed by atoms with Gasteiger partial charge in [-0.1, -0.05) is 30.7 Å². The van der Waals surface area contributed by atoms with Crippen molar-refractivity contribution in [3.05, 3.63) is 64.8 Å². The average molecular weight is 441 g/mol. The topological polar surface area (TPSA) is 97.0 Å². The Morgan fingerprint density at radius 1 is 1.23 bits per heavy atom. The minimum absolute atomic E-state index is 0.333. The molecule has 2 aromatic carbocycles. The monoisotopic (exact) mass is 440 g/mol. The maximum atomic E-state index is 12.6. The average Bonchev–Trinajstić information content (AvgIpc) is 3.41. The van der Waals surface area contributed by atoms with Crippen LogP contribution >= 0.6 is 22.9 Å². The second-order valence-electron chi connectivity index (χ2n) is 6.47. The molecule has 0 aliphatic rings. The lowest BCUT2D eigenvalue weighted by atomic mass is 10.2. The van der Waals surface area contributed by atoms with Crippen LogP contribution in [-0.4, -0.2) is 32.9 Å². The summed E-state index contributed by atoms with van der Waals surface area (Å²) in [6.45, 7) is 1.77. The molecule has 2 heterocycles. The van der Waals surface area contributed by atoms with Crippen molar-refractivity contribution in [3.8, 4) is 11.3 Å². The highest BCUT2D eigenvalue weighted by Gasteiger charge is 2.23. The quantitative estimate of drug-likeness (QED) is 0.415. The highest BCUT2D eigenvalue weighted by Crippen LogP contribution is 2.26. The molecule has 0 aliphatic carbocycles. The van der Waals surface area contributed by atoms with Crippen molar-refractivity contribution in [3.63, 3.8) is 0 Å². The number of fused-ring (bicyclic) bond motifs is 1. The fourth-order valence-corrected chi connectivity index (χ4v) is 3.70. The van der Waals surface area contributed by atoms with Gasteiger partial charge in [-0.15, -0.1) is 11.3 Å². The van der Waals surface area contributed by atoms with E-state index in [-0.39, 0.29) is 0 Å². The Kier molecular flexibility index (Phi) is 5.78. The maximum Gasteiger partial charge on any atom is 0.338 e. The molecule has 30 heavy (non-hydrogen) atoms. The summed E-state index contributed by atoms with van der Waals surface area (Å²) in [4.78, 5) is 36.6. The number of hydrogen-bond donors (Lipinski definition) is 2. The van der Waals surface area contributed by atoms with Gasteiger partial charge in [-0.3, -0.25) is 10.1 Å². The number of benzene rings is 2. The number of ether oxygens (including phenoxy) is 1. The fourth-order valence-electron chi connectivity index (χ4n) is 2.85. The van der Waals surface area contributed by atoms with Gasteiger partial charge in [-0.05, 0) is 36.8 Å². The maximum absolute atomic E-state index is 12.6. The number of rotatable bonds is 6. The number of imidazole rings is 1. The van der Waals surface area contributed by atoms with Crippen molar-refractivity contribution in [2.24, 2.45) is 0 Å². The first-order chi connectivity index (χ1) is 14.5. The van der Waals surface area contributed by atoms with Crippen molar-refractivity contribution in [2.45, 2.75) is 19.4 Å². The number of halogens is 1. The van der Waals surface area contributed by atoms with Crippen LogP contribution in [0.5, 0.6) is 0 Å². The minimum atomic E-state index is -0.933. The number of aromatic nitrogens is 3. The molecule has 1 amide bonds. The SMILES string of the molecule is CCC(OC(=O)c1ccc2nc[nH]c2c1)C(=O)Nc1nc(-c2ccc(Cl)cc2)cs1. The summed E-state index contributed by atoms with van der Waals surface area (Å²) >= 11 is 7.21. The summed E-state index contributed by atoms with van der Waals surface area (Å²) < 4.78 is 5.43. The van der Waals surface area contributed by atoms with Crippen LogP contribution in [0.2, 0.25) is 5.02 Å². The Morgan fingerprint density at radius 3 is 2.80 bits per heavy atom. The number of thiazole rings is 1. The first-order valence-electron chi connectivity index (χ1n) is 9.20. The van der Waals surface area contributed by atoms with E-state index in [1.807, 2.05) is 17.5 Å². The molecule has 1 unspecified atom stereocenters. The summed E-state index contributed by atoms with van der Waals surface area (Å²) in [6, 6.07) is 12.3. The molecule has 7 nitrogen and oxygen atoms in total. The van der Waals surface area contributed by atoms with Crippen LogP contribution in [0.1, 0.15) is 23.7 Å². The van der Waals surface area contributed by atoms with E-state index in [1.165, 1.54) is 11.3 Å². The third-order valence-corrected chi connectivity index (χ3v) is 5.45. The Hall–Kier alpha value is -3.23. The lowest BCUT2D eigenvalue weighted by Crippen LogP contribution is -2.32. The molecule has 0 aliphatic heterocycles. The number of nitrogens with zero attached hydrogens (tertiary/aromatic N) is 2. The van der Waals surface area contributed by atoms with Gasteiger partial charge in [-0.25, -0.2) is 14.8 Å². The number of nitrogens with one attached hydrogen (secondary N) is 2. The van der Waals surface area contributed by atoms with Crippen molar-refractivity contribution in [2.75, 3.05) is 5.32 Å². The molecular formula is C21H17ClN4O3S. The van der Waals surface area contributed by atoms with Crippen LogP contribution in [0.3, 0.4) is 0 Å². The molecule has 0 spiro atoms. The molecule has 2 N–H and O–H groups in total. The standard InChI is InChI=1S/C21H17ClN4O3S/c1-2-18(29-20(28)13-5-8-15-16(9-13)24-11-23-15)19(27)26-21-25-17(10-30-21)12-3-6-14(22)7-4-12/h3-11,18H,2H2,1H3,(H,23,24)(H,25,26,27). The van der Waals surface area contributed by atoms with Gasteiger partial charge in [0.05, 0.1) is 28.6 Å².